The summed E-state index contributed by atoms with van der Waals surface area (Å²) >= 11 is 0. The minimum atomic E-state index is -3.44. The summed E-state index contributed by atoms with van der Waals surface area (Å²) in [6.07, 6.45) is 0. The molecule has 1 aromatic carbocycles. The molecule has 0 radical (unpaired) electrons. The number of ether oxygens (including phenoxy) is 1. The third kappa shape index (κ3) is 2.54. The molecular formula is C11H17NO3S. The second kappa shape index (κ2) is 4.84. The molecule has 90 valence electrons. The van der Waals surface area contributed by atoms with E-state index in [1.54, 1.807) is 12.1 Å². The van der Waals surface area contributed by atoms with Crippen LogP contribution in [0, 0.1) is 6.92 Å². The number of nitrogens with zero attached hydrogens (tertiary/aromatic N) is 1. The Morgan fingerprint density at radius 1 is 1.31 bits per heavy atom. The minimum absolute atomic E-state index is 0.222. The topological polar surface area (TPSA) is 46.6 Å². The summed E-state index contributed by atoms with van der Waals surface area (Å²) in [4.78, 5) is 0.222. The van der Waals surface area contributed by atoms with E-state index in [9.17, 15) is 8.42 Å². The Morgan fingerprint density at radius 2 is 1.94 bits per heavy atom. The van der Waals surface area contributed by atoms with Crippen LogP contribution in [0.25, 0.3) is 0 Å². The maximum Gasteiger partial charge on any atom is 0.246 e. The van der Waals surface area contributed by atoms with Gasteiger partial charge >= 0.3 is 0 Å². The van der Waals surface area contributed by atoms with Crippen molar-refractivity contribution in [1.82, 2.24) is 4.31 Å². The van der Waals surface area contributed by atoms with E-state index in [1.807, 2.05) is 19.9 Å². The number of aryl methyl sites for hydroxylation is 1. The lowest BCUT2D eigenvalue weighted by molar-refractivity contribution is 0.330. The summed E-state index contributed by atoms with van der Waals surface area (Å²) in [7, 11) is -0.429. The van der Waals surface area contributed by atoms with Gasteiger partial charge in [0.25, 0.3) is 0 Å². The molecule has 0 saturated carbocycles. The van der Waals surface area contributed by atoms with Gasteiger partial charge in [0.1, 0.15) is 10.6 Å². The van der Waals surface area contributed by atoms with Crippen LogP contribution < -0.4 is 4.74 Å². The number of hydrogen-bond acceptors (Lipinski definition) is 3. The maximum atomic E-state index is 12.0. The Kier molecular flexibility index (Phi) is 3.93. The summed E-state index contributed by atoms with van der Waals surface area (Å²) < 4.78 is 30.6. The Bertz CT molecular complexity index is 466. The van der Waals surface area contributed by atoms with Gasteiger partial charge in [-0.1, -0.05) is 6.07 Å². The highest BCUT2D eigenvalue weighted by atomic mass is 32.2. The van der Waals surface area contributed by atoms with Crippen LogP contribution in [0.1, 0.15) is 12.5 Å². The van der Waals surface area contributed by atoms with Crippen molar-refractivity contribution in [3.8, 4) is 5.75 Å². The summed E-state index contributed by atoms with van der Waals surface area (Å²) in [5, 5.41) is 0. The minimum Gasteiger partial charge on any atom is -0.492 e. The molecule has 4 nitrogen and oxygen atoms in total. The standard InChI is InChI=1S/C11H17NO3S/c1-5-15-10-7-6-9(2)8-11(10)16(13,14)12(3)4/h6-8H,5H2,1-4H3. The van der Waals surface area contributed by atoms with Gasteiger partial charge in [-0.2, -0.15) is 0 Å². The first-order valence-corrected chi connectivity index (χ1v) is 6.49. The third-order valence-corrected chi connectivity index (χ3v) is 3.99. The van der Waals surface area contributed by atoms with Gasteiger partial charge in [0.2, 0.25) is 10.0 Å². The quantitative estimate of drug-likeness (QED) is 0.807. The van der Waals surface area contributed by atoms with E-state index in [4.69, 9.17) is 4.74 Å². The molecule has 0 spiro atoms. The number of benzene rings is 1. The van der Waals surface area contributed by atoms with Crippen LogP contribution >= 0.6 is 0 Å². The van der Waals surface area contributed by atoms with Gasteiger partial charge in [-0.05, 0) is 31.5 Å². The highest BCUT2D eigenvalue weighted by molar-refractivity contribution is 7.89. The molecular weight excluding hydrogens is 226 g/mol. The average Bonchev–Trinajstić information content (AvgIpc) is 2.20. The second-order valence-electron chi connectivity index (χ2n) is 3.67. The first-order valence-electron chi connectivity index (χ1n) is 5.05. The molecule has 5 heteroatoms. The van der Waals surface area contributed by atoms with Gasteiger partial charge in [0.05, 0.1) is 6.61 Å². The third-order valence-electron chi connectivity index (χ3n) is 2.16. The molecule has 0 aromatic heterocycles. The highest BCUT2D eigenvalue weighted by Gasteiger charge is 2.22. The number of sulfonamides is 1. The van der Waals surface area contributed by atoms with Crippen molar-refractivity contribution in [2.24, 2.45) is 0 Å². The number of hydrogen-bond donors (Lipinski definition) is 0. The molecule has 0 amide bonds. The van der Waals surface area contributed by atoms with Gasteiger partial charge < -0.3 is 4.74 Å². The van der Waals surface area contributed by atoms with Crippen LogP contribution in [-0.2, 0) is 10.0 Å². The molecule has 0 aliphatic rings. The van der Waals surface area contributed by atoms with E-state index in [2.05, 4.69) is 0 Å². The summed E-state index contributed by atoms with van der Waals surface area (Å²) in [6.45, 7) is 4.12. The van der Waals surface area contributed by atoms with Gasteiger partial charge in [-0.3, -0.25) is 0 Å². The fourth-order valence-electron chi connectivity index (χ4n) is 1.29. The van der Waals surface area contributed by atoms with Crippen LogP contribution in [0.4, 0.5) is 0 Å². The van der Waals surface area contributed by atoms with Crippen LogP contribution in [-0.4, -0.2) is 33.4 Å². The van der Waals surface area contributed by atoms with Crippen molar-refractivity contribution in [2.75, 3.05) is 20.7 Å². The van der Waals surface area contributed by atoms with E-state index in [-0.39, 0.29) is 4.90 Å². The first kappa shape index (κ1) is 13.0. The first-order chi connectivity index (χ1) is 7.39. The Hall–Kier alpha value is -1.07. The molecule has 0 N–H and O–H groups in total. The Morgan fingerprint density at radius 3 is 2.44 bits per heavy atom. The van der Waals surface area contributed by atoms with Crippen LogP contribution in [0.3, 0.4) is 0 Å². The fourth-order valence-corrected chi connectivity index (χ4v) is 2.40. The van der Waals surface area contributed by atoms with Crippen molar-refractivity contribution >= 4 is 10.0 Å². The average molecular weight is 243 g/mol. The predicted octanol–water partition coefficient (Wildman–Crippen LogP) is 1.64. The normalized spacial score (nSPS) is 11.8. The van der Waals surface area contributed by atoms with E-state index in [1.165, 1.54) is 18.4 Å². The summed E-state index contributed by atoms with van der Waals surface area (Å²) in [5.41, 5.74) is 0.892. The molecule has 0 unspecified atom stereocenters. The van der Waals surface area contributed by atoms with Crippen molar-refractivity contribution in [3.63, 3.8) is 0 Å². The molecule has 1 rings (SSSR count). The second-order valence-corrected chi connectivity index (χ2v) is 5.79. The van der Waals surface area contributed by atoms with Crippen LogP contribution in [0.2, 0.25) is 0 Å². The van der Waals surface area contributed by atoms with Crippen molar-refractivity contribution < 1.29 is 13.2 Å². The largest absolute Gasteiger partial charge is 0.492 e. The van der Waals surface area contributed by atoms with E-state index < -0.39 is 10.0 Å². The van der Waals surface area contributed by atoms with E-state index in [0.29, 0.717) is 12.4 Å². The lowest BCUT2D eigenvalue weighted by atomic mass is 10.2. The number of rotatable bonds is 4. The van der Waals surface area contributed by atoms with Crippen molar-refractivity contribution in [1.29, 1.82) is 0 Å². The molecule has 1 aromatic rings. The van der Waals surface area contributed by atoms with Gasteiger partial charge in [-0.15, -0.1) is 0 Å². The van der Waals surface area contributed by atoms with Crippen molar-refractivity contribution in [2.45, 2.75) is 18.7 Å². The predicted molar refractivity (Wildman–Crippen MR) is 63.2 cm³/mol. The Labute approximate surface area is 96.9 Å². The zero-order valence-electron chi connectivity index (χ0n) is 10.0. The summed E-state index contributed by atoms with van der Waals surface area (Å²) in [5.74, 6) is 0.404. The molecule has 0 fully saturated rings. The lowest BCUT2D eigenvalue weighted by Gasteiger charge is -2.15. The maximum absolute atomic E-state index is 12.0. The molecule has 16 heavy (non-hydrogen) atoms. The molecule has 0 aliphatic heterocycles. The molecule has 0 atom stereocenters. The van der Waals surface area contributed by atoms with Crippen LogP contribution in [0.15, 0.2) is 23.1 Å². The summed E-state index contributed by atoms with van der Waals surface area (Å²) in [6, 6.07) is 5.15. The molecule has 0 bridgehead atoms. The molecule has 0 heterocycles. The van der Waals surface area contributed by atoms with E-state index in [0.717, 1.165) is 5.56 Å². The molecule has 0 saturated heterocycles. The zero-order chi connectivity index (χ0) is 12.3. The Balaban J connectivity index is 3.36. The highest BCUT2D eigenvalue weighted by Crippen LogP contribution is 2.26. The van der Waals surface area contributed by atoms with Crippen molar-refractivity contribution in [3.05, 3.63) is 23.8 Å². The smallest absolute Gasteiger partial charge is 0.246 e. The monoisotopic (exact) mass is 243 g/mol. The zero-order valence-corrected chi connectivity index (χ0v) is 10.8. The van der Waals surface area contributed by atoms with Gasteiger partial charge in [-0.25, -0.2) is 12.7 Å². The van der Waals surface area contributed by atoms with E-state index >= 15 is 0 Å². The SMILES string of the molecule is CCOc1ccc(C)cc1S(=O)(=O)N(C)C. The van der Waals surface area contributed by atoms with Gasteiger partial charge in [0, 0.05) is 14.1 Å². The fraction of sp³-hybridized carbons (Fsp3) is 0.455. The lowest BCUT2D eigenvalue weighted by Crippen LogP contribution is -2.23. The van der Waals surface area contributed by atoms with Gasteiger partial charge in [0.15, 0.2) is 0 Å². The molecule has 0 aliphatic carbocycles. The van der Waals surface area contributed by atoms with Crippen LogP contribution in [0.5, 0.6) is 5.75 Å².